The first-order valence-electron chi connectivity index (χ1n) is 5.65. The number of fused-ring (bicyclic) bond motifs is 1. The number of rotatable bonds is 2. The number of hydrogen-bond acceptors (Lipinski definition) is 5. The Labute approximate surface area is 108 Å². The number of nitrogens with zero attached hydrogens (tertiary/aromatic N) is 1. The molecule has 0 atom stereocenters. The van der Waals surface area contributed by atoms with Gasteiger partial charge in [0, 0.05) is 17.1 Å². The van der Waals surface area contributed by atoms with Crippen molar-refractivity contribution in [2.45, 2.75) is 6.92 Å². The van der Waals surface area contributed by atoms with E-state index in [2.05, 4.69) is 10.5 Å². The minimum atomic E-state index is -0.397. The molecule has 96 valence electrons. The maximum Gasteiger partial charge on any atom is 0.293 e. The zero-order chi connectivity index (χ0) is 13.4. The average molecular weight is 257 g/mol. The van der Waals surface area contributed by atoms with Crippen molar-refractivity contribution in [1.82, 2.24) is 5.16 Å². The van der Waals surface area contributed by atoms with E-state index in [-0.39, 0.29) is 11.6 Å². The monoisotopic (exact) mass is 257 g/mol. The van der Waals surface area contributed by atoms with Crippen LogP contribution in [0.4, 0.5) is 11.6 Å². The fraction of sp³-hybridized carbons (Fsp3) is 0.0769. The summed E-state index contributed by atoms with van der Waals surface area (Å²) in [6, 6.07) is 8.43. The summed E-state index contributed by atoms with van der Waals surface area (Å²) in [6.45, 7) is 1.77. The lowest BCUT2D eigenvalue weighted by molar-refractivity contribution is 0.0995. The highest BCUT2D eigenvalue weighted by Crippen LogP contribution is 2.22. The fourth-order valence-electron chi connectivity index (χ4n) is 1.77. The fourth-order valence-corrected chi connectivity index (χ4v) is 1.77. The van der Waals surface area contributed by atoms with Crippen LogP contribution < -0.4 is 11.1 Å². The van der Waals surface area contributed by atoms with Crippen molar-refractivity contribution in [2.75, 3.05) is 11.1 Å². The zero-order valence-corrected chi connectivity index (χ0v) is 10.1. The van der Waals surface area contributed by atoms with Gasteiger partial charge in [0.2, 0.25) is 5.88 Å². The Morgan fingerprint density at radius 2 is 2.16 bits per heavy atom. The van der Waals surface area contributed by atoms with Crippen molar-refractivity contribution >= 4 is 28.4 Å². The largest absolute Gasteiger partial charge is 0.451 e. The van der Waals surface area contributed by atoms with Crippen LogP contribution in [-0.2, 0) is 0 Å². The predicted octanol–water partition coefficient (Wildman–Crippen LogP) is 2.56. The second-order valence-corrected chi connectivity index (χ2v) is 4.19. The van der Waals surface area contributed by atoms with Crippen LogP contribution in [0.1, 0.15) is 16.2 Å². The molecular formula is C13H11N3O3. The molecule has 0 aliphatic rings. The van der Waals surface area contributed by atoms with Gasteiger partial charge in [0.15, 0.2) is 5.76 Å². The number of hydrogen-bond donors (Lipinski definition) is 2. The topological polar surface area (TPSA) is 94.3 Å². The molecule has 0 saturated carbocycles. The maximum absolute atomic E-state index is 12.0. The van der Waals surface area contributed by atoms with Gasteiger partial charge < -0.3 is 14.7 Å². The number of benzene rings is 1. The van der Waals surface area contributed by atoms with Crippen LogP contribution in [0.2, 0.25) is 0 Å². The number of nitrogens with one attached hydrogen (secondary N) is 1. The molecule has 0 spiro atoms. The van der Waals surface area contributed by atoms with Crippen molar-refractivity contribution in [3.8, 4) is 0 Å². The molecule has 0 saturated heterocycles. The number of carbonyl (C=O) groups excluding carboxylic acids is 1. The lowest BCUT2D eigenvalue weighted by Gasteiger charge is -1.95. The summed E-state index contributed by atoms with van der Waals surface area (Å²) in [4.78, 5) is 12.0. The summed E-state index contributed by atoms with van der Waals surface area (Å²) in [5, 5.41) is 7.02. The van der Waals surface area contributed by atoms with Gasteiger partial charge in [0.05, 0.1) is 5.69 Å². The van der Waals surface area contributed by atoms with Crippen molar-refractivity contribution in [2.24, 2.45) is 0 Å². The minimum absolute atomic E-state index is 0.189. The van der Waals surface area contributed by atoms with Crippen LogP contribution in [0, 0.1) is 6.92 Å². The first kappa shape index (κ1) is 11.3. The third-order valence-corrected chi connectivity index (χ3v) is 2.63. The van der Waals surface area contributed by atoms with E-state index in [0.717, 1.165) is 5.39 Å². The van der Waals surface area contributed by atoms with Gasteiger partial charge in [-0.05, 0) is 31.2 Å². The normalized spacial score (nSPS) is 10.8. The first-order valence-corrected chi connectivity index (χ1v) is 5.65. The third-order valence-electron chi connectivity index (χ3n) is 2.63. The SMILES string of the molecule is Cc1cc(NC(=O)c2cc3cc(N)ccc3o2)on1. The van der Waals surface area contributed by atoms with Crippen LogP contribution >= 0.6 is 0 Å². The standard InChI is InChI=1S/C13H11N3O3/c1-7-4-12(19-16-7)15-13(17)11-6-8-5-9(14)2-3-10(8)18-11/h2-6H,14H2,1H3,(H,15,17). The van der Waals surface area contributed by atoms with E-state index in [1.54, 1.807) is 37.3 Å². The van der Waals surface area contributed by atoms with Gasteiger partial charge in [-0.3, -0.25) is 10.1 Å². The first-order chi connectivity index (χ1) is 9.11. The molecule has 0 radical (unpaired) electrons. The van der Waals surface area contributed by atoms with Crippen LogP contribution in [-0.4, -0.2) is 11.1 Å². The molecule has 2 heterocycles. The summed E-state index contributed by atoms with van der Waals surface area (Å²) in [5.41, 5.74) is 7.58. The second-order valence-electron chi connectivity index (χ2n) is 4.19. The van der Waals surface area contributed by atoms with E-state index in [1.807, 2.05) is 0 Å². The van der Waals surface area contributed by atoms with E-state index in [4.69, 9.17) is 14.7 Å². The molecular weight excluding hydrogens is 246 g/mol. The second kappa shape index (κ2) is 4.16. The van der Waals surface area contributed by atoms with Crippen molar-refractivity contribution in [1.29, 1.82) is 0 Å². The van der Waals surface area contributed by atoms with Crippen LogP contribution in [0.5, 0.6) is 0 Å². The smallest absolute Gasteiger partial charge is 0.293 e. The number of furan rings is 1. The number of carbonyl (C=O) groups is 1. The number of amides is 1. The molecule has 0 fully saturated rings. The molecule has 1 aromatic carbocycles. The lowest BCUT2D eigenvalue weighted by atomic mass is 10.2. The Morgan fingerprint density at radius 1 is 1.32 bits per heavy atom. The lowest BCUT2D eigenvalue weighted by Crippen LogP contribution is -2.09. The molecule has 3 rings (SSSR count). The zero-order valence-electron chi connectivity index (χ0n) is 10.1. The number of aromatic nitrogens is 1. The quantitative estimate of drug-likeness (QED) is 0.688. The molecule has 6 nitrogen and oxygen atoms in total. The molecule has 0 bridgehead atoms. The van der Waals surface area contributed by atoms with E-state index >= 15 is 0 Å². The van der Waals surface area contributed by atoms with E-state index in [1.165, 1.54) is 0 Å². The Bertz CT molecular complexity index is 757. The summed E-state index contributed by atoms with van der Waals surface area (Å²) in [6.07, 6.45) is 0. The van der Waals surface area contributed by atoms with Gasteiger partial charge in [0.25, 0.3) is 5.91 Å². The van der Waals surface area contributed by atoms with Gasteiger partial charge >= 0.3 is 0 Å². The highest BCUT2D eigenvalue weighted by atomic mass is 16.5. The van der Waals surface area contributed by atoms with Crippen LogP contribution in [0.25, 0.3) is 11.0 Å². The summed E-state index contributed by atoms with van der Waals surface area (Å²) in [7, 11) is 0. The molecule has 0 aliphatic heterocycles. The Hall–Kier alpha value is -2.76. The maximum atomic E-state index is 12.0. The molecule has 0 aliphatic carbocycles. The minimum Gasteiger partial charge on any atom is -0.451 e. The predicted molar refractivity (Wildman–Crippen MR) is 69.8 cm³/mol. The highest BCUT2D eigenvalue weighted by molar-refractivity contribution is 6.04. The molecule has 3 N–H and O–H groups in total. The van der Waals surface area contributed by atoms with Crippen LogP contribution in [0.15, 0.2) is 39.3 Å². The summed E-state index contributed by atoms with van der Waals surface area (Å²) in [5.74, 6) is 0.0723. The Kier molecular flexibility index (Phi) is 2.49. The number of aryl methyl sites for hydroxylation is 1. The van der Waals surface area contributed by atoms with Crippen molar-refractivity contribution in [3.05, 3.63) is 41.8 Å². The molecule has 0 unspecified atom stereocenters. The van der Waals surface area contributed by atoms with Crippen molar-refractivity contribution in [3.63, 3.8) is 0 Å². The number of nitrogens with two attached hydrogens (primary N) is 1. The number of anilines is 2. The van der Waals surface area contributed by atoms with E-state index in [0.29, 0.717) is 17.0 Å². The Morgan fingerprint density at radius 3 is 2.89 bits per heavy atom. The van der Waals surface area contributed by atoms with E-state index < -0.39 is 5.91 Å². The molecule has 6 heteroatoms. The van der Waals surface area contributed by atoms with Crippen molar-refractivity contribution < 1.29 is 13.7 Å². The van der Waals surface area contributed by atoms with Gasteiger partial charge in [-0.1, -0.05) is 5.16 Å². The molecule has 3 aromatic rings. The van der Waals surface area contributed by atoms with Gasteiger partial charge in [-0.15, -0.1) is 0 Å². The molecule has 1 amide bonds. The highest BCUT2D eigenvalue weighted by Gasteiger charge is 2.14. The molecule has 2 aromatic heterocycles. The molecule has 19 heavy (non-hydrogen) atoms. The third kappa shape index (κ3) is 2.15. The van der Waals surface area contributed by atoms with Gasteiger partial charge in [-0.25, -0.2) is 0 Å². The van der Waals surface area contributed by atoms with Gasteiger partial charge in [0.1, 0.15) is 5.58 Å². The number of nitrogen functional groups attached to an aromatic ring is 1. The summed E-state index contributed by atoms with van der Waals surface area (Å²) >= 11 is 0. The van der Waals surface area contributed by atoms with Crippen LogP contribution in [0.3, 0.4) is 0 Å². The van der Waals surface area contributed by atoms with E-state index in [9.17, 15) is 4.79 Å². The summed E-state index contributed by atoms with van der Waals surface area (Å²) < 4.78 is 10.3. The average Bonchev–Trinajstić information content (AvgIpc) is 2.95. The van der Waals surface area contributed by atoms with Gasteiger partial charge in [-0.2, -0.15) is 0 Å². The Balaban J connectivity index is 1.89.